The van der Waals surface area contributed by atoms with Crippen LogP contribution in [0.5, 0.6) is 0 Å². The van der Waals surface area contributed by atoms with Gasteiger partial charge in [0.1, 0.15) is 0 Å². The molecule has 1 aliphatic rings. The third-order valence-electron chi connectivity index (χ3n) is 3.05. The Morgan fingerprint density at radius 3 is 2.67 bits per heavy atom. The predicted octanol–water partition coefficient (Wildman–Crippen LogP) is 2.56. The summed E-state index contributed by atoms with van der Waals surface area (Å²) < 4.78 is 37.6. The molecule has 0 aromatic heterocycles. The van der Waals surface area contributed by atoms with Gasteiger partial charge in [-0.2, -0.15) is 13.2 Å². The topological polar surface area (TPSA) is 32.6 Å². The van der Waals surface area contributed by atoms with Crippen LogP contribution in [-0.2, 0) is 0 Å². The smallest absolute Gasteiger partial charge is 0.380 e. The minimum Gasteiger partial charge on any atom is -0.380 e. The Hall–Kier alpha value is -0.580. The fourth-order valence-electron chi connectivity index (χ4n) is 2.14. The Morgan fingerprint density at radius 1 is 1.47 bits per heavy atom. The number of alkyl halides is 3. The van der Waals surface area contributed by atoms with E-state index in [-0.39, 0.29) is 18.8 Å². The average molecular weight is 223 g/mol. The molecule has 2 atom stereocenters. The largest absolute Gasteiger partial charge is 0.417 e. The van der Waals surface area contributed by atoms with Crippen molar-refractivity contribution < 1.29 is 18.3 Å². The zero-order chi connectivity index (χ0) is 11.5. The number of nitrogens with zero attached hydrogens (tertiary/aromatic N) is 1. The normalized spacial score (nSPS) is 32.7. The lowest BCUT2D eigenvalue weighted by Gasteiger charge is -2.37. The second kappa shape index (κ2) is 4.51. The molecule has 1 fully saturated rings. The Kier molecular flexibility index (Phi) is 3.76. The highest BCUT2D eigenvalue weighted by Crippen LogP contribution is 2.44. The molecule has 15 heavy (non-hydrogen) atoms. The average Bonchev–Trinajstić information content (AvgIpc) is 2.13. The van der Waals surface area contributed by atoms with Crippen LogP contribution in [0.1, 0.15) is 32.1 Å². The highest BCUT2D eigenvalue weighted by Gasteiger charge is 2.55. The van der Waals surface area contributed by atoms with Gasteiger partial charge in [0.2, 0.25) is 0 Å². The number of hydrogen-bond donors (Lipinski definition) is 1. The van der Waals surface area contributed by atoms with Crippen LogP contribution in [0.15, 0.2) is 4.99 Å². The summed E-state index contributed by atoms with van der Waals surface area (Å²) in [5.41, 5.74) is -2.48. The van der Waals surface area contributed by atoms with Crippen LogP contribution in [0, 0.1) is 5.92 Å². The monoisotopic (exact) mass is 223 g/mol. The number of rotatable bonds is 3. The molecule has 2 nitrogen and oxygen atoms in total. The van der Waals surface area contributed by atoms with Gasteiger partial charge in [0, 0.05) is 6.54 Å². The van der Waals surface area contributed by atoms with Gasteiger partial charge < -0.3 is 10.1 Å². The quantitative estimate of drug-likeness (QED) is 0.733. The van der Waals surface area contributed by atoms with Crippen molar-refractivity contribution in [1.82, 2.24) is 0 Å². The van der Waals surface area contributed by atoms with Crippen molar-refractivity contribution >= 4 is 6.72 Å². The first-order valence-corrected chi connectivity index (χ1v) is 5.10. The second-order valence-corrected chi connectivity index (χ2v) is 4.23. The van der Waals surface area contributed by atoms with Gasteiger partial charge in [-0.25, -0.2) is 0 Å². The molecule has 0 saturated heterocycles. The molecule has 0 bridgehead atoms. The summed E-state index contributed by atoms with van der Waals surface area (Å²) in [4.78, 5) is 3.63. The maximum atomic E-state index is 12.5. The van der Waals surface area contributed by atoms with Crippen molar-refractivity contribution in [2.75, 3.05) is 6.54 Å². The summed E-state index contributed by atoms with van der Waals surface area (Å²) in [5.74, 6) is -0.0872. The minimum atomic E-state index is -4.51. The van der Waals surface area contributed by atoms with Crippen LogP contribution in [0.2, 0.25) is 0 Å². The number of hydrogen-bond acceptors (Lipinski definition) is 2. The Morgan fingerprint density at radius 2 is 2.13 bits per heavy atom. The summed E-state index contributed by atoms with van der Waals surface area (Å²) in [5, 5.41) is 9.51. The molecule has 1 rings (SSSR count). The maximum absolute atomic E-state index is 12.5. The molecule has 1 N–H and O–H groups in total. The SMILES string of the molecule is C=NCCC1CCCC(O)(C(F)(F)F)C1. The Labute approximate surface area is 87.2 Å². The fourth-order valence-corrected chi connectivity index (χ4v) is 2.14. The second-order valence-electron chi connectivity index (χ2n) is 4.23. The van der Waals surface area contributed by atoms with Crippen molar-refractivity contribution in [2.45, 2.75) is 43.9 Å². The highest BCUT2D eigenvalue weighted by molar-refractivity contribution is 5.23. The van der Waals surface area contributed by atoms with E-state index < -0.39 is 11.8 Å². The van der Waals surface area contributed by atoms with Gasteiger partial charge in [-0.05, 0) is 38.3 Å². The van der Waals surface area contributed by atoms with Gasteiger partial charge in [0.25, 0.3) is 0 Å². The zero-order valence-corrected chi connectivity index (χ0v) is 8.56. The minimum absolute atomic E-state index is 0.0872. The van der Waals surface area contributed by atoms with E-state index in [1.165, 1.54) is 0 Å². The van der Waals surface area contributed by atoms with Crippen LogP contribution in [0.4, 0.5) is 13.2 Å². The van der Waals surface area contributed by atoms with E-state index in [9.17, 15) is 18.3 Å². The standard InChI is InChI=1S/C10H16F3NO/c1-14-6-4-8-3-2-5-9(15,7-8)10(11,12)13/h8,15H,1-7H2. The molecule has 0 radical (unpaired) electrons. The van der Waals surface area contributed by atoms with E-state index in [0.717, 1.165) is 6.42 Å². The van der Waals surface area contributed by atoms with Crippen molar-refractivity contribution in [2.24, 2.45) is 10.9 Å². The van der Waals surface area contributed by atoms with E-state index in [0.29, 0.717) is 19.4 Å². The fraction of sp³-hybridized carbons (Fsp3) is 0.900. The van der Waals surface area contributed by atoms with Crippen LogP contribution in [0.3, 0.4) is 0 Å². The molecule has 0 amide bonds. The molecule has 0 aromatic carbocycles. The number of aliphatic hydroxyl groups is 1. The number of halogens is 3. The molecule has 2 unspecified atom stereocenters. The predicted molar refractivity (Wildman–Crippen MR) is 52.0 cm³/mol. The lowest BCUT2D eigenvalue weighted by atomic mass is 9.76. The molecule has 0 heterocycles. The lowest BCUT2D eigenvalue weighted by Crippen LogP contribution is -2.48. The third-order valence-corrected chi connectivity index (χ3v) is 3.05. The molecule has 0 spiro atoms. The van der Waals surface area contributed by atoms with Crippen LogP contribution < -0.4 is 0 Å². The van der Waals surface area contributed by atoms with E-state index in [4.69, 9.17) is 0 Å². The van der Waals surface area contributed by atoms with Crippen molar-refractivity contribution in [3.05, 3.63) is 0 Å². The van der Waals surface area contributed by atoms with Crippen LogP contribution in [-0.4, -0.2) is 30.1 Å². The highest BCUT2D eigenvalue weighted by atomic mass is 19.4. The molecular weight excluding hydrogens is 207 g/mol. The van der Waals surface area contributed by atoms with Gasteiger partial charge in [-0.15, -0.1) is 0 Å². The van der Waals surface area contributed by atoms with Crippen LogP contribution in [0.25, 0.3) is 0 Å². The zero-order valence-electron chi connectivity index (χ0n) is 8.56. The van der Waals surface area contributed by atoms with E-state index in [1.807, 2.05) is 0 Å². The summed E-state index contributed by atoms with van der Waals surface area (Å²) in [6, 6.07) is 0. The molecule has 1 aliphatic carbocycles. The van der Waals surface area contributed by atoms with Gasteiger partial charge in [-0.1, -0.05) is 6.42 Å². The molecule has 1 saturated carbocycles. The third kappa shape index (κ3) is 2.93. The first-order valence-electron chi connectivity index (χ1n) is 5.10. The molecule has 5 heteroatoms. The van der Waals surface area contributed by atoms with Crippen molar-refractivity contribution in [1.29, 1.82) is 0 Å². The molecule has 88 valence electrons. The molecule has 0 aromatic rings. The van der Waals surface area contributed by atoms with E-state index in [1.54, 1.807) is 0 Å². The lowest BCUT2D eigenvalue weighted by molar-refractivity contribution is -0.274. The van der Waals surface area contributed by atoms with Gasteiger partial charge >= 0.3 is 6.18 Å². The summed E-state index contributed by atoms with van der Waals surface area (Å²) in [6.45, 7) is 3.77. The number of aliphatic imine (C=N–C) groups is 1. The first-order chi connectivity index (χ1) is 6.89. The van der Waals surface area contributed by atoms with Crippen molar-refractivity contribution in [3.8, 4) is 0 Å². The molecular formula is C10H16F3NO. The summed E-state index contributed by atoms with van der Waals surface area (Å²) in [6.07, 6.45) is -3.11. The van der Waals surface area contributed by atoms with E-state index >= 15 is 0 Å². The maximum Gasteiger partial charge on any atom is 0.417 e. The van der Waals surface area contributed by atoms with Gasteiger partial charge in [0.15, 0.2) is 5.60 Å². The Balaban J connectivity index is 2.58. The summed E-state index contributed by atoms with van der Waals surface area (Å²) >= 11 is 0. The van der Waals surface area contributed by atoms with Gasteiger partial charge in [0.05, 0.1) is 0 Å². The van der Waals surface area contributed by atoms with E-state index in [2.05, 4.69) is 11.7 Å². The Bertz CT molecular complexity index is 229. The molecule has 0 aliphatic heterocycles. The van der Waals surface area contributed by atoms with Crippen molar-refractivity contribution in [3.63, 3.8) is 0 Å². The van der Waals surface area contributed by atoms with Gasteiger partial charge in [-0.3, -0.25) is 0 Å². The van der Waals surface area contributed by atoms with Crippen LogP contribution >= 0.6 is 0 Å². The summed E-state index contributed by atoms with van der Waals surface area (Å²) in [7, 11) is 0. The first kappa shape index (κ1) is 12.5.